The highest BCUT2D eigenvalue weighted by Gasteiger charge is 2.27. The van der Waals surface area contributed by atoms with Crippen LogP contribution in [0.1, 0.15) is 41.0 Å². The van der Waals surface area contributed by atoms with E-state index in [-0.39, 0.29) is 22.9 Å². The number of carbonyl (C=O) groups excluding carboxylic acids is 2. The van der Waals surface area contributed by atoms with Gasteiger partial charge in [-0.3, -0.25) is 9.59 Å². The molecule has 0 aliphatic carbocycles. The van der Waals surface area contributed by atoms with Gasteiger partial charge >= 0.3 is 5.97 Å². The summed E-state index contributed by atoms with van der Waals surface area (Å²) in [6, 6.07) is 6.21. The fourth-order valence-corrected chi connectivity index (χ4v) is 2.66. The van der Waals surface area contributed by atoms with Crippen molar-refractivity contribution < 1.29 is 19.5 Å². The van der Waals surface area contributed by atoms with Crippen LogP contribution in [-0.4, -0.2) is 58.9 Å². The highest BCUT2D eigenvalue weighted by atomic mass is 16.4. The zero-order chi connectivity index (χ0) is 17.0. The normalized spacial score (nSPS) is 14.9. The molecule has 0 radical (unpaired) electrons. The van der Waals surface area contributed by atoms with Crippen LogP contribution in [0.25, 0.3) is 0 Å². The minimum atomic E-state index is -1.11. The molecule has 0 aromatic heterocycles. The molecule has 124 valence electrons. The molecule has 1 N–H and O–H groups in total. The summed E-state index contributed by atoms with van der Waals surface area (Å²) in [5.74, 6) is -0.985. The molecule has 2 amide bonds. The standard InChI is InChI=1S/C17H22N2O4/c1-12(2)11-15(20)18-7-9-19(10-8-18)16(21)13-5-3-4-6-14(13)17(22)23/h3-6,12H,7-11H2,1-2H3,(H,22,23). The molecule has 1 heterocycles. The van der Waals surface area contributed by atoms with Crippen LogP contribution in [0, 0.1) is 5.92 Å². The van der Waals surface area contributed by atoms with Gasteiger partial charge in [0.15, 0.2) is 0 Å². The number of hydrogen-bond acceptors (Lipinski definition) is 3. The highest BCUT2D eigenvalue weighted by molar-refractivity contribution is 6.04. The van der Waals surface area contributed by atoms with E-state index in [1.807, 2.05) is 13.8 Å². The molecule has 1 aromatic rings. The monoisotopic (exact) mass is 318 g/mol. The number of hydrogen-bond donors (Lipinski definition) is 1. The number of aromatic carboxylic acids is 1. The van der Waals surface area contributed by atoms with E-state index in [2.05, 4.69) is 0 Å². The van der Waals surface area contributed by atoms with E-state index in [4.69, 9.17) is 0 Å². The van der Waals surface area contributed by atoms with Crippen molar-refractivity contribution in [2.24, 2.45) is 5.92 Å². The Morgan fingerprint density at radius 3 is 2.04 bits per heavy atom. The average molecular weight is 318 g/mol. The zero-order valence-electron chi connectivity index (χ0n) is 13.5. The van der Waals surface area contributed by atoms with Gasteiger partial charge in [0.1, 0.15) is 0 Å². The molecule has 2 rings (SSSR count). The van der Waals surface area contributed by atoms with Crippen molar-refractivity contribution in [3.63, 3.8) is 0 Å². The number of nitrogens with zero attached hydrogens (tertiary/aromatic N) is 2. The minimum absolute atomic E-state index is 0.0100. The van der Waals surface area contributed by atoms with Crippen LogP contribution in [0.2, 0.25) is 0 Å². The van der Waals surface area contributed by atoms with Crippen molar-refractivity contribution in [2.45, 2.75) is 20.3 Å². The zero-order valence-corrected chi connectivity index (χ0v) is 13.5. The van der Waals surface area contributed by atoms with Gasteiger partial charge in [-0.15, -0.1) is 0 Å². The molecule has 23 heavy (non-hydrogen) atoms. The first-order valence-corrected chi connectivity index (χ1v) is 7.79. The predicted octanol–water partition coefficient (Wildman–Crippen LogP) is 1.72. The van der Waals surface area contributed by atoms with Gasteiger partial charge in [0.05, 0.1) is 11.1 Å². The maximum atomic E-state index is 12.5. The summed E-state index contributed by atoms with van der Waals surface area (Å²) >= 11 is 0. The van der Waals surface area contributed by atoms with Crippen LogP contribution in [-0.2, 0) is 4.79 Å². The van der Waals surface area contributed by atoms with E-state index in [0.717, 1.165) is 0 Å². The molecule has 6 nitrogen and oxygen atoms in total. The van der Waals surface area contributed by atoms with Crippen LogP contribution >= 0.6 is 0 Å². The lowest BCUT2D eigenvalue weighted by Crippen LogP contribution is -2.51. The van der Waals surface area contributed by atoms with Gasteiger partial charge in [0, 0.05) is 32.6 Å². The van der Waals surface area contributed by atoms with Crippen LogP contribution in [0.4, 0.5) is 0 Å². The topological polar surface area (TPSA) is 77.9 Å². The van der Waals surface area contributed by atoms with Gasteiger partial charge in [-0.2, -0.15) is 0 Å². The summed E-state index contributed by atoms with van der Waals surface area (Å²) in [6.45, 7) is 5.84. The summed E-state index contributed by atoms with van der Waals surface area (Å²) < 4.78 is 0. The van der Waals surface area contributed by atoms with Crippen molar-refractivity contribution in [3.8, 4) is 0 Å². The molecule has 1 fully saturated rings. The Morgan fingerprint density at radius 1 is 1.00 bits per heavy atom. The molecule has 0 bridgehead atoms. The molecule has 0 spiro atoms. The lowest BCUT2D eigenvalue weighted by Gasteiger charge is -2.35. The number of amides is 2. The number of rotatable bonds is 4. The quantitative estimate of drug-likeness (QED) is 0.917. The van der Waals surface area contributed by atoms with Crippen LogP contribution in [0.5, 0.6) is 0 Å². The molecule has 0 unspecified atom stereocenters. The van der Waals surface area contributed by atoms with E-state index >= 15 is 0 Å². The molecule has 0 atom stereocenters. The molecular formula is C17H22N2O4. The van der Waals surface area contributed by atoms with Gasteiger partial charge in [-0.1, -0.05) is 26.0 Å². The Balaban J connectivity index is 2.02. The SMILES string of the molecule is CC(C)CC(=O)N1CCN(C(=O)c2ccccc2C(=O)O)CC1. The van der Waals surface area contributed by atoms with E-state index in [0.29, 0.717) is 38.5 Å². The van der Waals surface area contributed by atoms with Crippen molar-refractivity contribution in [1.29, 1.82) is 0 Å². The van der Waals surface area contributed by atoms with Gasteiger partial charge in [-0.25, -0.2) is 4.79 Å². The maximum Gasteiger partial charge on any atom is 0.336 e. The highest BCUT2D eigenvalue weighted by Crippen LogP contribution is 2.15. The Hall–Kier alpha value is -2.37. The Labute approximate surface area is 135 Å². The number of carboxylic acid groups (broad SMARTS) is 1. The Bertz CT molecular complexity index is 604. The third kappa shape index (κ3) is 4.09. The third-order valence-corrected chi connectivity index (χ3v) is 3.89. The number of piperazine rings is 1. The van der Waals surface area contributed by atoms with Crippen molar-refractivity contribution in [3.05, 3.63) is 35.4 Å². The van der Waals surface area contributed by atoms with Gasteiger partial charge < -0.3 is 14.9 Å². The summed E-state index contributed by atoms with van der Waals surface area (Å²) in [5.41, 5.74) is 0.206. The first-order valence-electron chi connectivity index (χ1n) is 7.79. The first-order chi connectivity index (χ1) is 10.9. The predicted molar refractivity (Wildman–Crippen MR) is 85.3 cm³/mol. The van der Waals surface area contributed by atoms with Crippen LogP contribution in [0.3, 0.4) is 0 Å². The molecule has 1 aliphatic heterocycles. The number of carbonyl (C=O) groups is 3. The van der Waals surface area contributed by atoms with E-state index < -0.39 is 5.97 Å². The number of carboxylic acids is 1. The summed E-state index contributed by atoms with van der Waals surface area (Å²) in [6.07, 6.45) is 0.510. The molecule has 6 heteroatoms. The minimum Gasteiger partial charge on any atom is -0.478 e. The smallest absolute Gasteiger partial charge is 0.336 e. The number of benzene rings is 1. The van der Waals surface area contributed by atoms with Gasteiger partial charge in [0.25, 0.3) is 5.91 Å². The fraction of sp³-hybridized carbons (Fsp3) is 0.471. The Morgan fingerprint density at radius 2 is 1.52 bits per heavy atom. The van der Waals surface area contributed by atoms with E-state index in [1.165, 1.54) is 12.1 Å². The van der Waals surface area contributed by atoms with Crippen molar-refractivity contribution in [2.75, 3.05) is 26.2 Å². The van der Waals surface area contributed by atoms with Gasteiger partial charge in [0.2, 0.25) is 5.91 Å². The summed E-state index contributed by atoms with van der Waals surface area (Å²) in [7, 11) is 0. The lowest BCUT2D eigenvalue weighted by atomic mass is 10.1. The molecule has 1 aromatic carbocycles. The van der Waals surface area contributed by atoms with E-state index in [1.54, 1.807) is 21.9 Å². The second-order valence-corrected chi connectivity index (χ2v) is 6.12. The van der Waals surface area contributed by atoms with Crippen molar-refractivity contribution >= 4 is 17.8 Å². The second kappa shape index (κ2) is 7.26. The van der Waals surface area contributed by atoms with Gasteiger partial charge in [-0.05, 0) is 18.1 Å². The largest absolute Gasteiger partial charge is 0.478 e. The van der Waals surface area contributed by atoms with Crippen LogP contribution < -0.4 is 0 Å². The fourth-order valence-electron chi connectivity index (χ4n) is 2.66. The maximum absolute atomic E-state index is 12.5. The first kappa shape index (κ1) is 17.0. The summed E-state index contributed by atoms with van der Waals surface area (Å²) in [4.78, 5) is 39.2. The average Bonchev–Trinajstić information content (AvgIpc) is 2.53. The summed E-state index contributed by atoms with van der Waals surface area (Å²) in [5, 5.41) is 9.19. The second-order valence-electron chi connectivity index (χ2n) is 6.12. The molecular weight excluding hydrogens is 296 g/mol. The Kier molecular flexibility index (Phi) is 5.36. The third-order valence-electron chi connectivity index (χ3n) is 3.89. The lowest BCUT2D eigenvalue weighted by molar-refractivity contribution is -0.133. The van der Waals surface area contributed by atoms with E-state index in [9.17, 15) is 19.5 Å². The molecule has 1 aliphatic rings. The van der Waals surface area contributed by atoms with Crippen molar-refractivity contribution in [1.82, 2.24) is 9.80 Å². The molecule has 1 saturated heterocycles. The van der Waals surface area contributed by atoms with Crippen LogP contribution in [0.15, 0.2) is 24.3 Å². The molecule has 0 saturated carbocycles.